The standard InChI is InChI=1S/C11H20O2.C7H12O4/c1-10(2)8-6-4-3-5-7-9-11(12)13;1-11-7(10)5-3-2-4-6(8)9/h7,9-10H,3-6,8H2,1-2H3,(H,12,13);2-5H2,1H3,(H,8,9). The molecule has 0 aliphatic heterocycles. The molecular formula is C18H32O6. The van der Waals surface area contributed by atoms with E-state index in [2.05, 4.69) is 18.6 Å². The number of methoxy groups -OCH3 is 1. The van der Waals surface area contributed by atoms with Gasteiger partial charge in [-0.3, -0.25) is 9.59 Å². The topological polar surface area (TPSA) is 101 Å². The maximum atomic E-state index is 10.5. The molecular weight excluding hydrogens is 312 g/mol. The Morgan fingerprint density at radius 1 is 0.958 bits per heavy atom. The Morgan fingerprint density at radius 2 is 1.58 bits per heavy atom. The third-order valence-corrected chi connectivity index (χ3v) is 3.16. The van der Waals surface area contributed by atoms with E-state index in [0.717, 1.165) is 18.8 Å². The van der Waals surface area contributed by atoms with Crippen LogP contribution in [0.2, 0.25) is 0 Å². The van der Waals surface area contributed by atoms with Crippen LogP contribution in [0.25, 0.3) is 0 Å². The van der Waals surface area contributed by atoms with Crippen molar-refractivity contribution < 1.29 is 29.3 Å². The molecule has 140 valence electrons. The second kappa shape index (κ2) is 17.5. The number of unbranched alkanes of at least 4 members (excludes halogenated alkanes) is 4. The van der Waals surface area contributed by atoms with Crippen LogP contribution in [0.5, 0.6) is 0 Å². The Morgan fingerprint density at radius 3 is 2.08 bits per heavy atom. The molecule has 0 aromatic heterocycles. The molecule has 0 bridgehead atoms. The van der Waals surface area contributed by atoms with E-state index >= 15 is 0 Å². The van der Waals surface area contributed by atoms with E-state index in [1.807, 2.05) is 0 Å². The normalized spacial score (nSPS) is 10.3. The van der Waals surface area contributed by atoms with Gasteiger partial charge in [-0.15, -0.1) is 0 Å². The molecule has 2 N–H and O–H groups in total. The van der Waals surface area contributed by atoms with Crippen LogP contribution in [-0.2, 0) is 19.1 Å². The molecule has 0 aliphatic carbocycles. The Balaban J connectivity index is 0. The lowest BCUT2D eigenvalue weighted by Crippen LogP contribution is -2.00. The Labute approximate surface area is 144 Å². The molecule has 0 unspecified atom stereocenters. The molecule has 6 heteroatoms. The van der Waals surface area contributed by atoms with Crippen molar-refractivity contribution in [2.24, 2.45) is 5.92 Å². The van der Waals surface area contributed by atoms with Crippen LogP contribution in [0.1, 0.15) is 71.6 Å². The fourth-order valence-electron chi connectivity index (χ4n) is 1.82. The highest BCUT2D eigenvalue weighted by molar-refractivity contribution is 5.79. The van der Waals surface area contributed by atoms with Gasteiger partial charge in [-0.25, -0.2) is 4.79 Å². The van der Waals surface area contributed by atoms with Crippen LogP contribution in [-0.4, -0.2) is 35.2 Å². The molecule has 0 rings (SSSR count). The first-order valence-electron chi connectivity index (χ1n) is 8.47. The lowest BCUT2D eigenvalue weighted by atomic mass is 10.0. The van der Waals surface area contributed by atoms with E-state index in [1.54, 1.807) is 6.08 Å². The second-order valence-electron chi connectivity index (χ2n) is 5.95. The molecule has 0 amide bonds. The van der Waals surface area contributed by atoms with Gasteiger partial charge in [0.25, 0.3) is 0 Å². The fourth-order valence-corrected chi connectivity index (χ4v) is 1.82. The van der Waals surface area contributed by atoms with Gasteiger partial charge in [0.05, 0.1) is 7.11 Å². The van der Waals surface area contributed by atoms with E-state index in [-0.39, 0.29) is 12.4 Å². The highest BCUT2D eigenvalue weighted by Crippen LogP contribution is 2.09. The van der Waals surface area contributed by atoms with Gasteiger partial charge in [-0.05, 0) is 31.6 Å². The summed E-state index contributed by atoms with van der Waals surface area (Å²) in [4.78, 5) is 30.6. The van der Waals surface area contributed by atoms with Crippen molar-refractivity contribution in [1.82, 2.24) is 0 Å². The van der Waals surface area contributed by atoms with Crippen LogP contribution in [0, 0.1) is 5.92 Å². The van der Waals surface area contributed by atoms with Crippen LogP contribution in [0.4, 0.5) is 0 Å². The quantitative estimate of drug-likeness (QED) is 0.315. The van der Waals surface area contributed by atoms with E-state index < -0.39 is 11.9 Å². The molecule has 0 spiro atoms. The summed E-state index contributed by atoms with van der Waals surface area (Å²) in [6, 6.07) is 0. The summed E-state index contributed by atoms with van der Waals surface area (Å²) in [5, 5.41) is 16.5. The first kappa shape index (κ1) is 24.4. The lowest BCUT2D eigenvalue weighted by Gasteiger charge is -2.02. The van der Waals surface area contributed by atoms with Crippen molar-refractivity contribution in [2.45, 2.75) is 71.6 Å². The van der Waals surface area contributed by atoms with Gasteiger partial charge in [0, 0.05) is 18.9 Å². The first-order valence-corrected chi connectivity index (χ1v) is 8.47. The molecule has 0 atom stereocenters. The van der Waals surface area contributed by atoms with Gasteiger partial charge < -0.3 is 14.9 Å². The summed E-state index contributed by atoms with van der Waals surface area (Å²) in [6.07, 6.45) is 10.3. The summed E-state index contributed by atoms with van der Waals surface area (Å²) < 4.78 is 4.37. The second-order valence-corrected chi connectivity index (χ2v) is 5.95. The number of ether oxygens (including phenoxy) is 1. The Kier molecular flexibility index (Phi) is 17.8. The maximum absolute atomic E-state index is 10.5. The van der Waals surface area contributed by atoms with Crippen LogP contribution in [0.3, 0.4) is 0 Å². The number of rotatable bonds is 12. The number of carboxylic acids is 2. The predicted octanol–water partition coefficient (Wildman–Crippen LogP) is 4.04. The van der Waals surface area contributed by atoms with Crippen molar-refractivity contribution >= 4 is 17.9 Å². The van der Waals surface area contributed by atoms with E-state index in [0.29, 0.717) is 19.3 Å². The molecule has 24 heavy (non-hydrogen) atoms. The minimum Gasteiger partial charge on any atom is -0.481 e. The van der Waals surface area contributed by atoms with E-state index in [1.165, 1.54) is 32.4 Å². The molecule has 0 aromatic carbocycles. The molecule has 0 saturated heterocycles. The average molecular weight is 344 g/mol. The van der Waals surface area contributed by atoms with Crippen molar-refractivity contribution in [3.63, 3.8) is 0 Å². The zero-order chi connectivity index (χ0) is 18.8. The lowest BCUT2D eigenvalue weighted by molar-refractivity contribution is -0.141. The third kappa shape index (κ3) is 25.1. The van der Waals surface area contributed by atoms with Gasteiger partial charge in [0.2, 0.25) is 0 Å². The minimum atomic E-state index is -0.845. The fraction of sp³-hybridized carbons (Fsp3) is 0.722. The average Bonchev–Trinajstić information content (AvgIpc) is 2.50. The SMILES string of the molecule is CC(C)CCCCCC=CC(=O)O.COC(=O)CCCCC(=O)O. The van der Waals surface area contributed by atoms with Crippen LogP contribution >= 0.6 is 0 Å². The van der Waals surface area contributed by atoms with Crippen LogP contribution in [0.15, 0.2) is 12.2 Å². The number of carbonyl (C=O) groups excluding carboxylic acids is 1. The number of carboxylic acid groups (broad SMARTS) is 2. The monoisotopic (exact) mass is 344 g/mol. The molecule has 0 saturated carbocycles. The number of esters is 1. The van der Waals surface area contributed by atoms with Crippen LogP contribution < -0.4 is 0 Å². The number of allylic oxidation sites excluding steroid dienone is 1. The molecule has 6 nitrogen and oxygen atoms in total. The third-order valence-electron chi connectivity index (χ3n) is 3.16. The summed E-state index contributed by atoms with van der Waals surface area (Å²) >= 11 is 0. The van der Waals surface area contributed by atoms with Crippen molar-refractivity contribution in [3.8, 4) is 0 Å². The highest BCUT2D eigenvalue weighted by atomic mass is 16.5. The molecule has 0 fully saturated rings. The van der Waals surface area contributed by atoms with Gasteiger partial charge in [0.15, 0.2) is 0 Å². The highest BCUT2D eigenvalue weighted by Gasteiger charge is 2.01. The Hall–Kier alpha value is -1.85. The van der Waals surface area contributed by atoms with Gasteiger partial charge in [0.1, 0.15) is 0 Å². The Bertz CT molecular complexity index is 374. The maximum Gasteiger partial charge on any atom is 0.327 e. The summed E-state index contributed by atoms with van der Waals surface area (Å²) in [5.74, 6) is -1.16. The van der Waals surface area contributed by atoms with E-state index in [4.69, 9.17) is 10.2 Å². The number of aliphatic carboxylic acids is 2. The first-order chi connectivity index (χ1) is 11.3. The minimum absolute atomic E-state index is 0.122. The van der Waals surface area contributed by atoms with Crippen molar-refractivity contribution in [2.75, 3.05) is 7.11 Å². The van der Waals surface area contributed by atoms with Crippen molar-refractivity contribution in [1.29, 1.82) is 0 Å². The van der Waals surface area contributed by atoms with E-state index in [9.17, 15) is 14.4 Å². The van der Waals surface area contributed by atoms with Gasteiger partial charge in [-0.2, -0.15) is 0 Å². The molecule has 0 radical (unpaired) electrons. The van der Waals surface area contributed by atoms with Gasteiger partial charge >= 0.3 is 17.9 Å². The zero-order valence-corrected chi connectivity index (χ0v) is 15.1. The summed E-state index contributed by atoms with van der Waals surface area (Å²) in [5.41, 5.74) is 0. The molecule has 0 aliphatic rings. The van der Waals surface area contributed by atoms with Crippen molar-refractivity contribution in [3.05, 3.63) is 12.2 Å². The summed E-state index contributed by atoms with van der Waals surface area (Å²) in [6.45, 7) is 4.45. The predicted molar refractivity (Wildman–Crippen MR) is 92.8 cm³/mol. The molecule has 0 aromatic rings. The van der Waals surface area contributed by atoms with Gasteiger partial charge in [-0.1, -0.05) is 39.2 Å². The number of carbonyl (C=O) groups is 3. The summed E-state index contributed by atoms with van der Waals surface area (Å²) in [7, 11) is 1.32. The number of hydrogen-bond donors (Lipinski definition) is 2. The smallest absolute Gasteiger partial charge is 0.327 e. The largest absolute Gasteiger partial charge is 0.481 e. The number of hydrogen-bond acceptors (Lipinski definition) is 4. The zero-order valence-electron chi connectivity index (χ0n) is 15.1. The molecule has 0 heterocycles.